The Hall–Kier alpha value is -7.70. The quantitative estimate of drug-likeness (QED) is 0.161. The molecule has 0 atom stereocenters. The van der Waals surface area contributed by atoms with Crippen molar-refractivity contribution in [3.8, 4) is 0 Å². The fourth-order valence-corrected chi connectivity index (χ4v) is 9.03. The first-order valence-electron chi connectivity index (χ1n) is 18.9. The van der Waals surface area contributed by atoms with Crippen molar-refractivity contribution in [1.82, 2.24) is 18.8 Å². The molecule has 262 valence electrons. The van der Waals surface area contributed by atoms with E-state index in [9.17, 15) is 0 Å². The second kappa shape index (κ2) is 11.9. The van der Waals surface area contributed by atoms with Crippen molar-refractivity contribution >= 4 is 99.8 Å². The van der Waals surface area contributed by atoms with Crippen LogP contribution in [0.15, 0.2) is 194 Å². The van der Waals surface area contributed by atoms with Gasteiger partial charge < -0.3 is 9.80 Å². The van der Waals surface area contributed by atoms with E-state index in [1.165, 1.54) is 32.3 Å². The molecule has 0 saturated carbocycles. The predicted molar refractivity (Wildman–Crippen MR) is 232 cm³/mol. The molecule has 0 fully saturated rings. The molecule has 12 aromatic rings. The van der Waals surface area contributed by atoms with Crippen molar-refractivity contribution in [3.05, 3.63) is 194 Å². The van der Waals surface area contributed by atoms with Crippen LogP contribution in [-0.2, 0) is 0 Å². The minimum atomic E-state index is 0.823. The number of nitrogens with zero attached hydrogens (tertiary/aromatic N) is 6. The molecule has 0 unspecified atom stereocenters. The molecule has 0 aliphatic heterocycles. The molecule has 0 saturated heterocycles. The summed E-state index contributed by atoms with van der Waals surface area (Å²) in [5.41, 5.74) is 12.7. The molecular weight excluding hydrogens is 685 g/mol. The van der Waals surface area contributed by atoms with Gasteiger partial charge in [-0.05, 0) is 95.7 Å². The molecule has 6 heteroatoms. The van der Waals surface area contributed by atoms with E-state index >= 15 is 0 Å². The third kappa shape index (κ3) is 4.32. The van der Waals surface area contributed by atoms with Crippen molar-refractivity contribution in [1.29, 1.82) is 0 Å². The number of anilines is 6. The van der Waals surface area contributed by atoms with Gasteiger partial charge in [0, 0.05) is 68.1 Å². The molecular formula is C50H32N6. The second-order valence-electron chi connectivity index (χ2n) is 14.3. The summed E-state index contributed by atoms with van der Waals surface area (Å²) >= 11 is 0. The molecule has 4 heterocycles. The Labute approximate surface area is 321 Å². The standard InChI is InChI=1S/C50H32N6/c1-5-15-33(16-6-1)53(34-17-7-2-8-18-34)37-25-27-43-41(31-37)45-39-23-13-14-24-40(39)46-42-32-38(54(35-19-9-3-10-20-35)36-21-11-4-12-22-36)26-28-44(42)56-48(46)47(45)55(43)49-50(56)52-30-29-51-49/h1-32H. The maximum Gasteiger partial charge on any atom is 0.182 e. The minimum absolute atomic E-state index is 0.823. The molecule has 56 heavy (non-hydrogen) atoms. The van der Waals surface area contributed by atoms with Crippen LogP contribution in [0.25, 0.3) is 65.7 Å². The third-order valence-electron chi connectivity index (χ3n) is 11.2. The third-order valence-corrected chi connectivity index (χ3v) is 11.2. The SMILES string of the molecule is c1ccc(N(c2ccccc2)c2ccc3c(c2)c2c4ccccc4c4c5cc(N(c6ccccc6)c6ccccc6)ccc5n5c6nccnc6n3c2c45)cc1. The van der Waals surface area contributed by atoms with Crippen LogP contribution in [0.1, 0.15) is 0 Å². The molecule has 0 amide bonds. The lowest BCUT2D eigenvalue weighted by molar-refractivity contribution is 1.13. The Morgan fingerprint density at radius 1 is 0.321 bits per heavy atom. The van der Waals surface area contributed by atoms with Crippen LogP contribution in [-0.4, -0.2) is 18.8 Å². The molecule has 0 N–H and O–H groups in total. The molecule has 0 spiro atoms. The maximum atomic E-state index is 5.06. The van der Waals surface area contributed by atoms with Crippen LogP contribution in [0.3, 0.4) is 0 Å². The van der Waals surface area contributed by atoms with Crippen molar-refractivity contribution in [2.45, 2.75) is 0 Å². The van der Waals surface area contributed by atoms with Gasteiger partial charge in [0.25, 0.3) is 0 Å². The first kappa shape index (κ1) is 30.7. The number of benzene rings is 8. The van der Waals surface area contributed by atoms with Gasteiger partial charge in [0.15, 0.2) is 11.3 Å². The van der Waals surface area contributed by atoms with Crippen LogP contribution in [0.4, 0.5) is 34.1 Å². The van der Waals surface area contributed by atoms with Crippen LogP contribution >= 0.6 is 0 Å². The van der Waals surface area contributed by atoms with E-state index in [0.29, 0.717) is 0 Å². The van der Waals surface area contributed by atoms with E-state index in [1.54, 1.807) is 0 Å². The van der Waals surface area contributed by atoms with Crippen LogP contribution in [0.5, 0.6) is 0 Å². The Balaban J connectivity index is 1.22. The van der Waals surface area contributed by atoms with Crippen molar-refractivity contribution in [2.24, 2.45) is 0 Å². The number of hydrogen-bond donors (Lipinski definition) is 0. The summed E-state index contributed by atoms with van der Waals surface area (Å²) in [6.07, 6.45) is 3.62. The summed E-state index contributed by atoms with van der Waals surface area (Å²) in [6.45, 7) is 0. The highest BCUT2D eigenvalue weighted by Gasteiger charge is 2.27. The molecule has 12 rings (SSSR count). The van der Waals surface area contributed by atoms with E-state index in [4.69, 9.17) is 9.97 Å². The van der Waals surface area contributed by atoms with Crippen LogP contribution in [0, 0.1) is 0 Å². The summed E-state index contributed by atoms with van der Waals surface area (Å²) in [5.74, 6) is 0. The largest absolute Gasteiger partial charge is 0.310 e. The Bertz CT molecular complexity index is 3100. The zero-order chi connectivity index (χ0) is 36.7. The first-order valence-corrected chi connectivity index (χ1v) is 18.9. The van der Waals surface area contributed by atoms with Crippen molar-refractivity contribution in [2.75, 3.05) is 9.80 Å². The van der Waals surface area contributed by atoms with Gasteiger partial charge in [-0.2, -0.15) is 0 Å². The summed E-state index contributed by atoms with van der Waals surface area (Å²) < 4.78 is 4.70. The number of aromatic nitrogens is 4. The van der Waals surface area contributed by atoms with Gasteiger partial charge in [0.05, 0.1) is 22.1 Å². The molecule has 0 bridgehead atoms. The smallest absolute Gasteiger partial charge is 0.182 e. The summed E-state index contributed by atoms with van der Waals surface area (Å²) in [7, 11) is 0. The Kier molecular flexibility index (Phi) is 6.53. The lowest BCUT2D eigenvalue weighted by atomic mass is 9.98. The number of rotatable bonds is 6. The molecule has 4 aromatic heterocycles. The number of fused-ring (bicyclic) bond motifs is 12. The number of hydrogen-bond acceptors (Lipinski definition) is 4. The van der Waals surface area contributed by atoms with Gasteiger partial charge in [-0.1, -0.05) is 97.1 Å². The fraction of sp³-hybridized carbons (Fsp3) is 0. The summed E-state index contributed by atoms with van der Waals surface area (Å²) in [4.78, 5) is 14.8. The van der Waals surface area contributed by atoms with Crippen LogP contribution < -0.4 is 9.80 Å². The zero-order valence-corrected chi connectivity index (χ0v) is 30.2. The average molecular weight is 717 g/mol. The highest BCUT2D eigenvalue weighted by molar-refractivity contribution is 6.37. The van der Waals surface area contributed by atoms with E-state index in [0.717, 1.165) is 67.5 Å². The van der Waals surface area contributed by atoms with Crippen molar-refractivity contribution in [3.63, 3.8) is 0 Å². The molecule has 0 aliphatic rings. The van der Waals surface area contributed by atoms with Gasteiger partial charge in [0.1, 0.15) is 0 Å². The highest BCUT2D eigenvalue weighted by Crippen LogP contribution is 2.48. The van der Waals surface area contributed by atoms with Gasteiger partial charge in [-0.15, -0.1) is 0 Å². The van der Waals surface area contributed by atoms with Crippen molar-refractivity contribution < 1.29 is 0 Å². The summed E-state index contributed by atoms with van der Waals surface area (Å²) in [5, 5.41) is 7.18. The lowest BCUT2D eigenvalue weighted by Crippen LogP contribution is -2.09. The Morgan fingerprint density at radius 2 is 0.661 bits per heavy atom. The summed E-state index contributed by atoms with van der Waals surface area (Å²) in [6, 6.07) is 65.0. The van der Waals surface area contributed by atoms with Gasteiger partial charge in [-0.25, -0.2) is 9.97 Å². The minimum Gasteiger partial charge on any atom is -0.310 e. The second-order valence-corrected chi connectivity index (χ2v) is 14.3. The normalized spacial score (nSPS) is 11.9. The van der Waals surface area contributed by atoms with E-state index < -0.39 is 0 Å². The highest BCUT2D eigenvalue weighted by atomic mass is 15.2. The molecule has 6 nitrogen and oxygen atoms in total. The topological polar surface area (TPSA) is 41.1 Å². The molecule has 0 radical (unpaired) electrons. The number of para-hydroxylation sites is 4. The van der Waals surface area contributed by atoms with Crippen LogP contribution in [0.2, 0.25) is 0 Å². The van der Waals surface area contributed by atoms with Gasteiger partial charge >= 0.3 is 0 Å². The molecule has 0 aliphatic carbocycles. The average Bonchev–Trinajstić information content (AvgIpc) is 3.79. The first-order chi connectivity index (χ1) is 27.8. The predicted octanol–water partition coefficient (Wildman–Crippen LogP) is 13.1. The van der Waals surface area contributed by atoms with E-state index in [2.05, 4.69) is 201 Å². The van der Waals surface area contributed by atoms with E-state index in [-0.39, 0.29) is 0 Å². The monoisotopic (exact) mass is 716 g/mol. The zero-order valence-electron chi connectivity index (χ0n) is 30.2. The Morgan fingerprint density at radius 3 is 1.02 bits per heavy atom. The van der Waals surface area contributed by atoms with Gasteiger partial charge in [-0.3, -0.25) is 8.80 Å². The molecule has 8 aromatic carbocycles. The van der Waals surface area contributed by atoms with E-state index in [1.807, 2.05) is 12.4 Å². The maximum absolute atomic E-state index is 5.06. The lowest BCUT2D eigenvalue weighted by Gasteiger charge is -2.25. The van der Waals surface area contributed by atoms with Gasteiger partial charge in [0.2, 0.25) is 0 Å². The fourth-order valence-electron chi connectivity index (χ4n) is 9.03.